The van der Waals surface area contributed by atoms with E-state index in [0.29, 0.717) is 43.9 Å². The van der Waals surface area contributed by atoms with Crippen LogP contribution >= 0.6 is 11.6 Å². The van der Waals surface area contributed by atoms with E-state index >= 15 is 0 Å². The molecule has 42 heavy (non-hydrogen) atoms. The number of aliphatic hydroxyl groups excluding tert-OH is 1. The molecule has 2 fully saturated rings. The van der Waals surface area contributed by atoms with E-state index in [9.17, 15) is 15.0 Å². The van der Waals surface area contributed by atoms with Gasteiger partial charge in [0.25, 0.3) is 0 Å². The van der Waals surface area contributed by atoms with E-state index in [1.54, 1.807) is 0 Å². The first kappa shape index (κ1) is 30.7. The normalized spacial score (nSPS) is 19.5. The molecule has 0 spiro atoms. The predicted octanol–water partition coefficient (Wildman–Crippen LogP) is 4.96. The van der Waals surface area contributed by atoms with Gasteiger partial charge in [0.15, 0.2) is 0 Å². The molecule has 1 unspecified atom stereocenters. The van der Waals surface area contributed by atoms with Crippen LogP contribution < -0.4 is 5.32 Å². The van der Waals surface area contributed by atoms with Crippen LogP contribution in [0.25, 0.3) is 0 Å². The van der Waals surface area contributed by atoms with Gasteiger partial charge in [-0.1, -0.05) is 84.4 Å². The Morgan fingerprint density at radius 3 is 2.07 bits per heavy atom. The van der Waals surface area contributed by atoms with Crippen LogP contribution in [0.15, 0.2) is 84.9 Å². The van der Waals surface area contributed by atoms with E-state index in [2.05, 4.69) is 63.6 Å². The molecule has 2 aliphatic rings. The molecule has 1 amide bonds. The smallest absolute Gasteiger partial charge is 0.221 e. The maximum atomic E-state index is 13.1. The second-order valence-electron chi connectivity index (χ2n) is 12.1. The predicted molar refractivity (Wildman–Crippen MR) is 169 cm³/mol. The van der Waals surface area contributed by atoms with Gasteiger partial charge < -0.3 is 25.3 Å². The molecule has 1 atom stereocenters. The van der Waals surface area contributed by atoms with Gasteiger partial charge in [-0.15, -0.1) is 0 Å². The Kier molecular flexibility index (Phi) is 10.3. The van der Waals surface area contributed by atoms with Gasteiger partial charge >= 0.3 is 0 Å². The number of aliphatic hydroxyl groups is 2. The van der Waals surface area contributed by atoms with Gasteiger partial charge in [0.1, 0.15) is 0 Å². The maximum absolute atomic E-state index is 13.1. The highest BCUT2D eigenvalue weighted by Gasteiger charge is 2.36. The van der Waals surface area contributed by atoms with Crippen LogP contribution in [0.5, 0.6) is 0 Å². The summed E-state index contributed by atoms with van der Waals surface area (Å²) in [4.78, 5) is 17.7. The Morgan fingerprint density at radius 1 is 0.881 bits per heavy atom. The van der Waals surface area contributed by atoms with Crippen molar-refractivity contribution >= 4 is 17.5 Å². The molecule has 3 N–H and O–H groups in total. The molecule has 2 saturated heterocycles. The average molecular weight is 590 g/mol. The van der Waals surface area contributed by atoms with Crippen LogP contribution in [0.1, 0.15) is 55.2 Å². The molecule has 0 radical (unpaired) electrons. The van der Waals surface area contributed by atoms with Gasteiger partial charge in [-0.2, -0.15) is 0 Å². The van der Waals surface area contributed by atoms with Crippen molar-refractivity contribution in [1.82, 2.24) is 15.1 Å². The number of benzene rings is 3. The fraction of sp³-hybridized carbons (Fsp3) is 0.457. The molecular formula is C35H44ClN3O3. The first-order valence-corrected chi connectivity index (χ1v) is 15.7. The summed E-state index contributed by atoms with van der Waals surface area (Å²) in [5, 5.41) is 25.1. The third-order valence-electron chi connectivity index (χ3n) is 9.29. The molecule has 3 aromatic carbocycles. The lowest BCUT2D eigenvalue weighted by Gasteiger charge is -2.40. The minimum atomic E-state index is -0.809. The molecule has 0 aromatic heterocycles. The summed E-state index contributed by atoms with van der Waals surface area (Å²) in [5.41, 5.74) is 2.18. The first-order chi connectivity index (χ1) is 20.4. The summed E-state index contributed by atoms with van der Waals surface area (Å²) in [7, 11) is 0. The van der Waals surface area contributed by atoms with Crippen molar-refractivity contribution in [2.24, 2.45) is 0 Å². The number of hydrogen-bond acceptors (Lipinski definition) is 5. The number of piperidine rings is 1. The Bertz CT molecular complexity index is 1220. The Balaban J connectivity index is 1.25. The highest BCUT2D eigenvalue weighted by Crippen LogP contribution is 2.38. The van der Waals surface area contributed by atoms with E-state index in [1.807, 2.05) is 36.4 Å². The minimum Gasteiger partial charge on any atom is -0.392 e. The molecule has 0 saturated carbocycles. The Hall–Kier alpha value is -2.74. The Morgan fingerprint density at radius 2 is 1.50 bits per heavy atom. The standard InChI is InChI=1S/C35H44ClN3O3/c36-31-14-12-30(13-15-31)35(42)19-24-38(25-20-35)21-7-18-34(28-8-3-1-4-9-28,29-10-5-2-6-11-29)27-37-33(41)17-23-39-22-16-32(40)26-39/h1-6,8-15,32,40,42H,7,16-27H2,(H,37,41). The molecule has 3 aromatic rings. The third-order valence-corrected chi connectivity index (χ3v) is 9.54. The van der Waals surface area contributed by atoms with Crippen LogP contribution in [0.3, 0.4) is 0 Å². The van der Waals surface area contributed by atoms with Gasteiger partial charge in [-0.3, -0.25) is 4.79 Å². The number of carbonyl (C=O) groups excluding carboxylic acids is 1. The highest BCUT2D eigenvalue weighted by atomic mass is 35.5. The monoisotopic (exact) mass is 589 g/mol. The fourth-order valence-corrected chi connectivity index (χ4v) is 6.80. The lowest BCUT2D eigenvalue weighted by atomic mass is 9.71. The summed E-state index contributed by atoms with van der Waals surface area (Å²) in [5.74, 6) is 0.0464. The van der Waals surface area contributed by atoms with Crippen molar-refractivity contribution in [3.8, 4) is 0 Å². The van der Waals surface area contributed by atoms with E-state index < -0.39 is 5.60 Å². The van der Waals surface area contributed by atoms with Crippen molar-refractivity contribution in [2.45, 2.75) is 55.6 Å². The molecule has 2 aliphatic heterocycles. The molecule has 0 bridgehead atoms. The van der Waals surface area contributed by atoms with Gasteiger partial charge in [0, 0.05) is 56.1 Å². The topological polar surface area (TPSA) is 76.0 Å². The van der Waals surface area contributed by atoms with Crippen molar-refractivity contribution in [3.05, 3.63) is 107 Å². The number of rotatable bonds is 12. The second-order valence-corrected chi connectivity index (χ2v) is 12.5. The number of nitrogens with zero attached hydrogens (tertiary/aromatic N) is 2. The van der Waals surface area contributed by atoms with Crippen molar-refractivity contribution in [3.63, 3.8) is 0 Å². The summed E-state index contributed by atoms with van der Waals surface area (Å²) >= 11 is 6.07. The van der Waals surface area contributed by atoms with Crippen molar-refractivity contribution < 1.29 is 15.0 Å². The number of β-amino-alcohol motifs (C(OH)–C–C–N with tert-alkyl or cyclic N) is 1. The summed E-state index contributed by atoms with van der Waals surface area (Å²) in [6.07, 6.45) is 4.18. The van der Waals surface area contributed by atoms with Crippen molar-refractivity contribution in [1.29, 1.82) is 0 Å². The van der Waals surface area contributed by atoms with Gasteiger partial charge in [-0.05, 0) is 67.5 Å². The van der Waals surface area contributed by atoms with E-state index in [-0.39, 0.29) is 17.4 Å². The minimum absolute atomic E-state index is 0.0464. The van der Waals surface area contributed by atoms with E-state index in [4.69, 9.17) is 11.6 Å². The summed E-state index contributed by atoms with van der Waals surface area (Å²) in [6, 6.07) is 28.7. The van der Waals surface area contributed by atoms with Gasteiger partial charge in [0.05, 0.1) is 11.7 Å². The van der Waals surface area contributed by atoms with E-state index in [1.165, 1.54) is 11.1 Å². The molecule has 5 rings (SSSR count). The molecular weight excluding hydrogens is 546 g/mol. The van der Waals surface area contributed by atoms with Crippen molar-refractivity contribution in [2.75, 3.05) is 45.8 Å². The zero-order valence-corrected chi connectivity index (χ0v) is 25.2. The number of halogens is 1. The van der Waals surface area contributed by atoms with E-state index in [0.717, 1.165) is 51.0 Å². The highest BCUT2D eigenvalue weighted by molar-refractivity contribution is 6.30. The van der Waals surface area contributed by atoms with Crippen LogP contribution in [0.2, 0.25) is 5.02 Å². The van der Waals surface area contributed by atoms with Crippen LogP contribution in [-0.4, -0.2) is 77.8 Å². The lowest BCUT2D eigenvalue weighted by molar-refractivity contribution is -0.121. The molecule has 6 nitrogen and oxygen atoms in total. The quantitative estimate of drug-likeness (QED) is 0.278. The third kappa shape index (κ3) is 7.61. The average Bonchev–Trinajstić information content (AvgIpc) is 3.45. The number of carbonyl (C=O) groups is 1. The molecule has 224 valence electrons. The number of hydrogen-bond donors (Lipinski definition) is 3. The molecule has 2 heterocycles. The molecule has 0 aliphatic carbocycles. The molecule has 7 heteroatoms. The zero-order chi connectivity index (χ0) is 29.4. The summed E-state index contributed by atoms with van der Waals surface area (Å²) in [6.45, 7) is 5.31. The second kappa shape index (κ2) is 14.2. The van der Waals surface area contributed by atoms with Gasteiger partial charge in [0.2, 0.25) is 5.91 Å². The van der Waals surface area contributed by atoms with Gasteiger partial charge in [-0.25, -0.2) is 0 Å². The fourth-order valence-electron chi connectivity index (χ4n) is 6.67. The van der Waals surface area contributed by atoms with Crippen LogP contribution in [0.4, 0.5) is 0 Å². The zero-order valence-electron chi connectivity index (χ0n) is 24.4. The Labute approximate surface area is 255 Å². The number of likely N-dealkylation sites (tertiary alicyclic amines) is 2. The maximum Gasteiger partial charge on any atom is 0.221 e. The lowest BCUT2D eigenvalue weighted by Crippen LogP contribution is -2.44. The van der Waals surface area contributed by atoms with Crippen LogP contribution in [-0.2, 0) is 15.8 Å². The largest absolute Gasteiger partial charge is 0.392 e. The number of nitrogens with one attached hydrogen (secondary N) is 1. The number of amides is 1. The summed E-state index contributed by atoms with van der Waals surface area (Å²) < 4.78 is 0. The SMILES string of the molecule is O=C(CCN1CCC(O)C1)NCC(CCCN1CCC(O)(c2ccc(Cl)cc2)CC1)(c1ccccc1)c1ccccc1. The van der Waals surface area contributed by atoms with Crippen LogP contribution in [0, 0.1) is 0 Å². The first-order valence-electron chi connectivity index (χ1n) is 15.4.